The summed E-state index contributed by atoms with van der Waals surface area (Å²) in [5.41, 5.74) is 0. The van der Waals surface area contributed by atoms with Crippen LogP contribution in [0.5, 0.6) is 0 Å². The van der Waals surface area contributed by atoms with E-state index < -0.39 is 11.7 Å². The predicted octanol–water partition coefficient (Wildman–Crippen LogP) is 0.102. The standard InChI is InChI=1S/C6H11NO2/c1-3-4-7-6(9)5(2)8/h3-4H2,1-2H3,(H,7,9). The molecule has 9 heavy (non-hydrogen) atoms. The molecule has 0 heterocycles. The lowest BCUT2D eigenvalue weighted by molar-refractivity contribution is -0.136. The van der Waals surface area contributed by atoms with Crippen LogP contribution in [0, 0.1) is 0 Å². The number of ketones is 1. The van der Waals surface area contributed by atoms with E-state index >= 15 is 0 Å². The summed E-state index contributed by atoms with van der Waals surface area (Å²) in [7, 11) is 0. The second kappa shape index (κ2) is 4.06. The average molecular weight is 129 g/mol. The van der Waals surface area contributed by atoms with Gasteiger partial charge in [-0.15, -0.1) is 0 Å². The Bertz CT molecular complexity index is 120. The summed E-state index contributed by atoms with van der Waals surface area (Å²) in [5, 5.41) is 2.44. The zero-order valence-corrected chi connectivity index (χ0v) is 5.73. The molecule has 3 heteroatoms. The molecule has 0 aromatic carbocycles. The average Bonchev–Trinajstić information content (AvgIpc) is 1.82. The predicted molar refractivity (Wildman–Crippen MR) is 34.0 cm³/mol. The highest BCUT2D eigenvalue weighted by atomic mass is 16.2. The Morgan fingerprint density at radius 3 is 2.33 bits per heavy atom. The molecule has 52 valence electrons. The third-order valence-electron chi connectivity index (χ3n) is 0.855. The minimum absolute atomic E-state index is 0.427. The summed E-state index contributed by atoms with van der Waals surface area (Å²) in [6.45, 7) is 3.77. The van der Waals surface area contributed by atoms with Crippen LogP contribution >= 0.6 is 0 Å². The maximum atomic E-state index is 10.4. The topological polar surface area (TPSA) is 46.2 Å². The first-order chi connectivity index (χ1) is 4.18. The lowest BCUT2D eigenvalue weighted by Gasteiger charge is -1.96. The van der Waals surface area contributed by atoms with Gasteiger partial charge in [-0.3, -0.25) is 9.59 Å². The third kappa shape index (κ3) is 3.70. The minimum atomic E-state index is -0.489. The van der Waals surface area contributed by atoms with E-state index in [0.29, 0.717) is 6.54 Å². The highest BCUT2D eigenvalue weighted by molar-refractivity contribution is 6.35. The molecule has 0 aliphatic carbocycles. The van der Waals surface area contributed by atoms with E-state index in [1.165, 1.54) is 6.92 Å². The van der Waals surface area contributed by atoms with Crippen LogP contribution in [0.2, 0.25) is 0 Å². The van der Waals surface area contributed by atoms with Gasteiger partial charge in [0.15, 0.2) is 0 Å². The Hall–Kier alpha value is -0.860. The van der Waals surface area contributed by atoms with E-state index in [1.807, 2.05) is 6.92 Å². The Morgan fingerprint density at radius 1 is 1.44 bits per heavy atom. The van der Waals surface area contributed by atoms with E-state index in [2.05, 4.69) is 5.32 Å². The van der Waals surface area contributed by atoms with Gasteiger partial charge >= 0.3 is 0 Å². The molecule has 0 aromatic rings. The number of Topliss-reactive ketones (excluding diaryl/α,β-unsaturated/α-hetero) is 1. The lowest BCUT2D eigenvalue weighted by atomic mass is 10.4. The fraction of sp³-hybridized carbons (Fsp3) is 0.667. The van der Waals surface area contributed by atoms with E-state index in [0.717, 1.165) is 6.42 Å². The van der Waals surface area contributed by atoms with Crippen LogP contribution in [0.3, 0.4) is 0 Å². The van der Waals surface area contributed by atoms with E-state index in [1.54, 1.807) is 0 Å². The number of hydrogen-bond acceptors (Lipinski definition) is 2. The van der Waals surface area contributed by atoms with Crippen molar-refractivity contribution in [3.8, 4) is 0 Å². The van der Waals surface area contributed by atoms with Crippen molar-refractivity contribution in [2.24, 2.45) is 0 Å². The fourth-order valence-corrected chi connectivity index (χ4v) is 0.363. The van der Waals surface area contributed by atoms with E-state index in [4.69, 9.17) is 0 Å². The lowest BCUT2D eigenvalue weighted by Crippen LogP contribution is -2.29. The van der Waals surface area contributed by atoms with Crippen molar-refractivity contribution in [3.63, 3.8) is 0 Å². The molecule has 0 spiro atoms. The normalized spacial score (nSPS) is 8.67. The van der Waals surface area contributed by atoms with Crippen molar-refractivity contribution in [3.05, 3.63) is 0 Å². The van der Waals surface area contributed by atoms with Crippen LogP contribution in [0.4, 0.5) is 0 Å². The van der Waals surface area contributed by atoms with Crippen molar-refractivity contribution in [2.45, 2.75) is 20.3 Å². The van der Waals surface area contributed by atoms with Gasteiger partial charge in [0, 0.05) is 13.5 Å². The monoisotopic (exact) mass is 129 g/mol. The van der Waals surface area contributed by atoms with Gasteiger partial charge in [-0.25, -0.2) is 0 Å². The SMILES string of the molecule is CCCNC(=O)C(C)=O. The molecule has 0 aliphatic heterocycles. The summed E-state index contributed by atoms with van der Waals surface area (Å²) < 4.78 is 0. The molecule has 1 N–H and O–H groups in total. The van der Waals surface area contributed by atoms with Gasteiger partial charge in [0.05, 0.1) is 0 Å². The minimum Gasteiger partial charge on any atom is -0.350 e. The molecule has 3 nitrogen and oxygen atoms in total. The van der Waals surface area contributed by atoms with Crippen molar-refractivity contribution in [1.29, 1.82) is 0 Å². The zero-order valence-electron chi connectivity index (χ0n) is 5.73. The van der Waals surface area contributed by atoms with Crippen molar-refractivity contribution >= 4 is 11.7 Å². The molecule has 0 atom stereocenters. The van der Waals surface area contributed by atoms with Crippen LogP contribution in [0.15, 0.2) is 0 Å². The summed E-state index contributed by atoms with van der Waals surface area (Å²) in [6, 6.07) is 0. The second-order valence-electron chi connectivity index (χ2n) is 1.81. The molecule has 0 saturated heterocycles. The molecule has 0 fully saturated rings. The van der Waals surface area contributed by atoms with Gasteiger partial charge in [-0.2, -0.15) is 0 Å². The number of amides is 1. The number of carbonyl (C=O) groups is 2. The number of hydrogen-bond donors (Lipinski definition) is 1. The zero-order chi connectivity index (χ0) is 7.28. The summed E-state index contributed by atoms with van der Waals surface area (Å²) in [5.74, 6) is -0.916. The van der Waals surface area contributed by atoms with Crippen molar-refractivity contribution in [2.75, 3.05) is 6.54 Å². The smallest absolute Gasteiger partial charge is 0.287 e. The van der Waals surface area contributed by atoms with E-state index in [-0.39, 0.29) is 0 Å². The highest BCUT2D eigenvalue weighted by Crippen LogP contribution is 1.72. The van der Waals surface area contributed by atoms with Gasteiger partial charge in [0.25, 0.3) is 5.91 Å². The van der Waals surface area contributed by atoms with Crippen LogP contribution in [-0.4, -0.2) is 18.2 Å². The Morgan fingerprint density at radius 2 is 2.00 bits per heavy atom. The van der Waals surface area contributed by atoms with Crippen LogP contribution in [-0.2, 0) is 9.59 Å². The second-order valence-corrected chi connectivity index (χ2v) is 1.81. The van der Waals surface area contributed by atoms with Crippen molar-refractivity contribution < 1.29 is 9.59 Å². The fourth-order valence-electron chi connectivity index (χ4n) is 0.363. The summed E-state index contributed by atoms with van der Waals surface area (Å²) in [4.78, 5) is 20.7. The Kier molecular flexibility index (Phi) is 3.67. The Labute approximate surface area is 54.4 Å². The molecule has 0 rings (SSSR count). The maximum absolute atomic E-state index is 10.4. The molecule has 0 bridgehead atoms. The van der Waals surface area contributed by atoms with Gasteiger partial charge < -0.3 is 5.32 Å². The maximum Gasteiger partial charge on any atom is 0.287 e. The van der Waals surface area contributed by atoms with Gasteiger partial charge in [0.2, 0.25) is 5.78 Å². The molecule has 0 aromatic heterocycles. The number of carbonyl (C=O) groups excluding carboxylic acids is 2. The van der Waals surface area contributed by atoms with Crippen LogP contribution in [0.1, 0.15) is 20.3 Å². The molecule has 0 radical (unpaired) electrons. The molecule has 0 unspecified atom stereocenters. The third-order valence-corrected chi connectivity index (χ3v) is 0.855. The molecule has 0 aliphatic rings. The first-order valence-corrected chi connectivity index (χ1v) is 2.97. The largest absolute Gasteiger partial charge is 0.350 e. The first-order valence-electron chi connectivity index (χ1n) is 2.97. The molecule has 0 saturated carbocycles. The quantitative estimate of drug-likeness (QED) is 0.549. The molecule has 1 amide bonds. The molecular weight excluding hydrogens is 118 g/mol. The van der Waals surface area contributed by atoms with Crippen molar-refractivity contribution in [1.82, 2.24) is 5.32 Å². The number of nitrogens with one attached hydrogen (secondary N) is 1. The van der Waals surface area contributed by atoms with Crippen LogP contribution in [0.25, 0.3) is 0 Å². The molecular formula is C6H11NO2. The van der Waals surface area contributed by atoms with Gasteiger partial charge in [0.1, 0.15) is 0 Å². The first kappa shape index (κ1) is 8.14. The van der Waals surface area contributed by atoms with Gasteiger partial charge in [-0.1, -0.05) is 6.92 Å². The summed E-state index contributed by atoms with van der Waals surface area (Å²) >= 11 is 0. The number of rotatable bonds is 3. The van der Waals surface area contributed by atoms with Crippen LogP contribution < -0.4 is 5.32 Å². The van der Waals surface area contributed by atoms with Gasteiger partial charge in [-0.05, 0) is 6.42 Å². The Balaban J connectivity index is 3.39. The summed E-state index contributed by atoms with van der Waals surface area (Å²) in [6.07, 6.45) is 0.860. The highest BCUT2D eigenvalue weighted by Gasteiger charge is 2.03. The van der Waals surface area contributed by atoms with E-state index in [9.17, 15) is 9.59 Å².